The van der Waals surface area contributed by atoms with Crippen LogP contribution in [0.5, 0.6) is 0 Å². The highest BCUT2D eigenvalue weighted by atomic mass is 35.5. The molecule has 30 heavy (non-hydrogen) atoms. The van der Waals surface area contributed by atoms with E-state index in [1.54, 1.807) is 0 Å². The van der Waals surface area contributed by atoms with Crippen LogP contribution in [0.25, 0.3) is 10.8 Å². The molecule has 0 saturated heterocycles. The number of rotatable bonds is 5. The molecule has 0 aliphatic heterocycles. The summed E-state index contributed by atoms with van der Waals surface area (Å²) in [6, 6.07) is 16.6. The second kappa shape index (κ2) is 9.32. The molecule has 3 rings (SSSR count). The molecule has 1 amide bonds. The summed E-state index contributed by atoms with van der Waals surface area (Å²) >= 11 is 10.9. The zero-order valence-electron chi connectivity index (χ0n) is 15.5. The van der Waals surface area contributed by atoms with Gasteiger partial charge in [-0.1, -0.05) is 60.2 Å². The summed E-state index contributed by atoms with van der Waals surface area (Å²) in [5.41, 5.74) is 0.111. The Hall–Kier alpha value is -2.84. The van der Waals surface area contributed by atoms with Gasteiger partial charge in [-0.3, -0.25) is 4.79 Å². The SMILES string of the molecule is O=C(Nc1ccc(C(F)(F)F)cc1Cl)C(=S)NCCNc1cccc2ccccc12. The van der Waals surface area contributed by atoms with E-state index in [0.29, 0.717) is 13.1 Å². The lowest BCUT2D eigenvalue weighted by Gasteiger charge is -2.13. The normalized spacial score (nSPS) is 11.2. The van der Waals surface area contributed by atoms with Gasteiger partial charge in [0.2, 0.25) is 0 Å². The third-order valence-corrected chi connectivity index (χ3v) is 4.91. The highest BCUT2D eigenvalue weighted by molar-refractivity contribution is 7.82. The molecule has 0 bridgehead atoms. The Morgan fingerprint density at radius 2 is 1.70 bits per heavy atom. The highest BCUT2D eigenvalue weighted by Crippen LogP contribution is 2.33. The zero-order valence-corrected chi connectivity index (χ0v) is 17.1. The van der Waals surface area contributed by atoms with Crippen LogP contribution in [0.4, 0.5) is 24.5 Å². The fraction of sp³-hybridized carbons (Fsp3) is 0.143. The number of anilines is 2. The van der Waals surface area contributed by atoms with Crippen LogP contribution in [0.2, 0.25) is 5.02 Å². The van der Waals surface area contributed by atoms with Gasteiger partial charge in [0.1, 0.15) is 0 Å². The standard InChI is InChI=1S/C21H17ClF3N3OS/c22-16-12-14(21(23,24)25)8-9-18(16)28-19(29)20(30)27-11-10-26-17-7-3-5-13-4-1-2-6-15(13)17/h1-9,12,26H,10-11H2,(H,27,30)(H,28,29). The Morgan fingerprint density at radius 1 is 0.967 bits per heavy atom. The van der Waals surface area contributed by atoms with Crippen molar-refractivity contribution in [3.05, 3.63) is 71.2 Å². The second-order valence-electron chi connectivity index (χ2n) is 6.36. The van der Waals surface area contributed by atoms with Crippen molar-refractivity contribution < 1.29 is 18.0 Å². The van der Waals surface area contributed by atoms with Crippen LogP contribution >= 0.6 is 23.8 Å². The van der Waals surface area contributed by atoms with Gasteiger partial charge in [0.15, 0.2) is 4.99 Å². The van der Waals surface area contributed by atoms with Crippen LogP contribution in [0.1, 0.15) is 5.56 Å². The van der Waals surface area contributed by atoms with Gasteiger partial charge < -0.3 is 16.0 Å². The predicted molar refractivity (Wildman–Crippen MR) is 118 cm³/mol. The van der Waals surface area contributed by atoms with Gasteiger partial charge in [-0.05, 0) is 29.7 Å². The minimum Gasteiger partial charge on any atom is -0.383 e. The Kier molecular flexibility index (Phi) is 6.79. The molecule has 0 aliphatic carbocycles. The molecule has 0 heterocycles. The average molecular weight is 452 g/mol. The number of hydrogen-bond donors (Lipinski definition) is 3. The Bertz CT molecular complexity index is 1080. The molecule has 0 aliphatic rings. The Labute approximate surface area is 181 Å². The molecule has 0 radical (unpaired) electrons. The molecule has 0 fully saturated rings. The van der Waals surface area contributed by atoms with Crippen molar-refractivity contribution >= 4 is 56.9 Å². The number of hydrogen-bond acceptors (Lipinski definition) is 3. The van der Waals surface area contributed by atoms with E-state index in [9.17, 15) is 18.0 Å². The lowest BCUT2D eigenvalue weighted by Crippen LogP contribution is -2.36. The van der Waals surface area contributed by atoms with Gasteiger partial charge in [0.05, 0.1) is 16.3 Å². The van der Waals surface area contributed by atoms with Crippen LogP contribution < -0.4 is 16.0 Å². The summed E-state index contributed by atoms with van der Waals surface area (Å²) < 4.78 is 38.1. The lowest BCUT2D eigenvalue weighted by atomic mass is 10.1. The molecule has 156 valence electrons. The van der Waals surface area contributed by atoms with E-state index in [1.807, 2.05) is 42.5 Å². The summed E-state index contributed by atoms with van der Waals surface area (Å²) in [5, 5.41) is 10.5. The fourth-order valence-electron chi connectivity index (χ4n) is 2.80. The first-order valence-electron chi connectivity index (χ1n) is 8.93. The monoisotopic (exact) mass is 451 g/mol. The van der Waals surface area contributed by atoms with Crippen LogP contribution in [0, 0.1) is 0 Å². The minimum absolute atomic E-state index is 0.0488. The van der Waals surface area contributed by atoms with Crippen molar-refractivity contribution in [3.8, 4) is 0 Å². The van der Waals surface area contributed by atoms with E-state index in [2.05, 4.69) is 16.0 Å². The van der Waals surface area contributed by atoms with Crippen molar-refractivity contribution in [2.45, 2.75) is 6.18 Å². The zero-order chi connectivity index (χ0) is 21.7. The van der Waals surface area contributed by atoms with Crippen molar-refractivity contribution in [2.24, 2.45) is 0 Å². The first-order valence-corrected chi connectivity index (χ1v) is 9.72. The number of amides is 1. The van der Waals surface area contributed by atoms with Crippen LogP contribution in [-0.2, 0) is 11.0 Å². The number of alkyl halides is 3. The number of halogens is 4. The summed E-state index contributed by atoms with van der Waals surface area (Å²) in [4.78, 5) is 12.1. The maximum atomic E-state index is 12.7. The van der Waals surface area contributed by atoms with E-state index in [4.69, 9.17) is 23.8 Å². The molecule has 3 aromatic rings. The molecule has 0 saturated carbocycles. The number of carbonyl (C=O) groups is 1. The number of fused-ring (bicyclic) bond motifs is 1. The van der Waals surface area contributed by atoms with Crippen LogP contribution in [0.15, 0.2) is 60.7 Å². The molecule has 3 aromatic carbocycles. The van der Waals surface area contributed by atoms with Crippen molar-refractivity contribution in [1.82, 2.24) is 5.32 Å². The summed E-state index contributed by atoms with van der Waals surface area (Å²) in [6.07, 6.45) is -4.51. The van der Waals surface area contributed by atoms with Crippen molar-refractivity contribution in [2.75, 3.05) is 23.7 Å². The van der Waals surface area contributed by atoms with E-state index in [0.717, 1.165) is 34.7 Å². The molecule has 0 atom stereocenters. The molecule has 0 aromatic heterocycles. The van der Waals surface area contributed by atoms with Crippen LogP contribution in [0.3, 0.4) is 0 Å². The number of nitrogens with one attached hydrogen (secondary N) is 3. The minimum atomic E-state index is -4.51. The summed E-state index contributed by atoms with van der Waals surface area (Å²) in [5.74, 6) is -0.656. The fourth-order valence-corrected chi connectivity index (χ4v) is 3.19. The summed E-state index contributed by atoms with van der Waals surface area (Å²) in [6.45, 7) is 0.874. The maximum absolute atomic E-state index is 12.7. The van der Waals surface area contributed by atoms with Gasteiger partial charge in [-0.15, -0.1) is 0 Å². The largest absolute Gasteiger partial charge is 0.416 e. The van der Waals surface area contributed by atoms with Gasteiger partial charge in [-0.25, -0.2) is 0 Å². The van der Waals surface area contributed by atoms with Crippen LogP contribution in [-0.4, -0.2) is 24.0 Å². The number of carbonyl (C=O) groups excluding carboxylic acids is 1. The third-order valence-electron chi connectivity index (χ3n) is 4.27. The van der Waals surface area contributed by atoms with E-state index < -0.39 is 17.6 Å². The average Bonchev–Trinajstić information content (AvgIpc) is 2.71. The van der Waals surface area contributed by atoms with Crippen molar-refractivity contribution in [1.29, 1.82) is 0 Å². The van der Waals surface area contributed by atoms with Gasteiger partial charge in [-0.2, -0.15) is 13.2 Å². The van der Waals surface area contributed by atoms with Gasteiger partial charge in [0.25, 0.3) is 5.91 Å². The smallest absolute Gasteiger partial charge is 0.383 e. The summed E-state index contributed by atoms with van der Waals surface area (Å²) in [7, 11) is 0. The predicted octanol–water partition coefficient (Wildman–Crippen LogP) is 5.48. The lowest BCUT2D eigenvalue weighted by molar-refractivity contribution is -0.137. The molecule has 4 nitrogen and oxygen atoms in total. The highest BCUT2D eigenvalue weighted by Gasteiger charge is 2.31. The van der Waals surface area contributed by atoms with E-state index in [1.165, 1.54) is 0 Å². The van der Waals surface area contributed by atoms with Crippen molar-refractivity contribution in [3.63, 3.8) is 0 Å². The Balaban J connectivity index is 1.51. The molecular formula is C21H17ClF3N3OS. The Morgan fingerprint density at radius 3 is 2.43 bits per heavy atom. The van der Waals surface area contributed by atoms with Gasteiger partial charge in [0, 0.05) is 24.2 Å². The maximum Gasteiger partial charge on any atom is 0.416 e. The second-order valence-corrected chi connectivity index (χ2v) is 7.17. The third kappa shape index (κ3) is 5.40. The first kappa shape index (κ1) is 21.9. The number of benzene rings is 3. The van der Waals surface area contributed by atoms with Gasteiger partial charge >= 0.3 is 6.18 Å². The molecular weight excluding hydrogens is 435 g/mol. The topological polar surface area (TPSA) is 53.2 Å². The molecule has 3 N–H and O–H groups in total. The van der Waals surface area contributed by atoms with E-state index in [-0.39, 0.29) is 15.7 Å². The quantitative estimate of drug-likeness (QED) is 0.355. The molecule has 9 heteroatoms. The van der Waals surface area contributed by atoms with E-state index >= 15 is 0 Å². The first-order chi connectivity index (χ1) is 14.3. The number of thiocarbonyl (C=S) groups is 1. The molecule has 0 spiro atoms. The molecule has 0 unspecified atom stereocenters.